The summed E-state index contributed by atoms with van der Waals surface area (Å²) in [5.74, 6) is 0.503. The highest BCUT2D eigenvalue weighted by molar-refractivity contribution is 6.34. The number of nitrogens with zero attached hydrogens (tertiary/aromatic N) is 1. The molecule has 0 spiro atoms. The van der Waals surface area contributed by atoms with E-state index in [2.05, 4.69) is 140 Å². The topological polar surface area (TPSA) is 51.5 Å². The van der Waals surface area contributed by atoms with E-state index in [0.717, 1.165) is 74.5 Å². The Morgan fingerprint density at radius 3 is 2.15 bits per heavy atom. The van der Waals surface area contributed by atoms with Crippen LogP contribution in [0, 0.1) is 0 Å². The lowest BCUT2D eigenvalue weighted by Crippen LogP contribution is -2.14. The van der Waals surface area contributed by atoms with Crippen LogP contribution in [-0.2, 0) is 0 Å². The molecule has 3 nitrogen and oxygen atoms in total. The van der Waals surface area contributed by atoms with E-state index in [-0.39, 0.29) is 0 Å². The van der Waals surface area contributed by atoms with Crippen molar-refractivity contribution in [1.29, 1.82) is 0 Å². The Balaban J connectivity index is 1.30. The molecule has 0 fully saturated rings. The molecule has 0 radical (unpaired) electrons. The van der Waals surface area contributed by atoms with Crippen LogP contribution in [0.4, 0.5) is 0 Å². The molecule has 2 N–H and O–H groups in total. The summed E-state index contributed by atoms with van der Waals surface area (Å²) < 4.78 is 6.77. The van der Waals surface area contributed by atoms with Gasteiger partial charge in [-0.15, -0.1) is 0 Å². The number of furan rings is 1. The van der Waals surface area contributed by atoms with E-state index in [1.807, 2.05) is 6.07 Å². The second-order valence-corrected chi connectivity index (χ2v) is 12.3. The number of benzene rings is 6. The average Bonchev–Trinajstić information content (AvgIpc) is 3.54. The number of nitrogens with two attached hydrogens (primary N) is 1. The van der Waals surface area contributed by atoms with Gasteiger partial charge in [-0.2, -0.15) is 0 Å². The van der Waals surface area contributed by atoms with Gasteiger partial charge in [0.15, 0.2) is 0 Å². The first kappa shape index (κ1) is 27.4. The summed E-state index contributed by atoms with van der Waals surface area (Å²) in [7, 11) is 0. The van der Waals surface area contributed by atoms with E-state index in [4.69, 9.17) is 15.1 Å². The van der Waals surface area contributed by atoms with E-state index >= 15 is 0 Å². The lowest BCUT2D eigenvalue weighted by atomic mass is 9.89. The monoisotopic (exact) mass is 604 g/mol. The van der Waals surface area contributed by atoms with Crippen LogP contribution >= 0.6 is 0 Å². The van der Waals surface area contributed by atoms with Gasteiger partial charge in [-0.3, -0.25) is 0 Å². The average molecular weight is 605 g/mol. The number of fused-ring (bicyclic) bond motifs is 10. The fourth-order valence-corrected chi connectivity index (χ4v) is 7.33. The first-order valence-corrected chi connectivity index (χ1v) is 16.3. The van der Waals surface area contributed by atoms with Crippen molar-refractivity contribution in [2.75, 3.05) is 0 Å². The smallest absolute Gasteiger partial charge is 0.144 e. The molecule has 2 aliphatic rings. The van der Waals surface area contributed by atoms with E-state index in [1.165, 1.54) is 32.5 Å². The van der Waals surface area contributed by atoms with Crippen LogP contribution in [0.3, 0.4) is 0 Å². The van der Waals surface area contributed by atoms with Crippen LogP contribution in [0.2, 0.25) is 0 Å². The number of allylic oxidation sites excluding steroid dienone is 8. The molecule has 1 heterocycles. The van der Waals surface area contributed by atoms with Crippen molar-refractivity contribution in [2.45, 2.75) is 19.3 Å². The van der Waals surface area contributed by atoms with Crippen molar-refractivity contribution in [3.05, 3.63) is 168 Å². The molecule has 0 atom stereocenters. The zero-order valence-corrected chi connectivity index (χ0v) is 25.9. The Morgan fingerprint density at radius 1 is 0.638 bits per heavy atom. The van der Waals surface area contributed by atoms with E-state index in [0.29, 0.717) is 5.84 Å². The zero-order valence-electron chi connectivity index (χ0n) is 25.9. The van der Waals surface area contributed by atoms with Crippen molar-refractivity contribution < 1.29 is 4.42 Å². The third kappa shape index (κ3) is 4.54. The van der Waals surface area contributed by atoms with Crippen molar-refractivity contribution in [3.63, 3.8) is 0 Å². The Morgan fingerprint density at radius 2 is 1.38 bits per heavy atom. The highest BCUT2D eigenvalue weighted by atomic mass is 16.3. The summed E-state index contributed by atoms with van der Waals surface area (Å²) >= 11 is 0. The zero-order chi connectivity index (χ0) is 31.3. The van der Waals surface area contributed by atoms with Crippen LogP contribution < -0.4 is 5.73 Å². The third-order valence-corrected chi connectivity index (χ3v) is 9.51. The molecule has 1 aromatic heterocycles. The number of amidine groups is 1. The van der Waals surface area contributed by atoms with Crippen LogP contribution in [0.15, 0.2) is 172 Å². The Bertz CT molecular complexity index is 2600. The number of hydrogen-bond donors (Lipinski definition) is 1. The van der Waals surface area contributed by atoms with Gasteiger partial charge in [-0.1, -0.05) is 127 Å². The Kier molecular flexibility index (Phi) is 6.50. The van der Waals surface area contributed by atoms with Gasteiger partial charge >= 0.3 is 0 Å². The molecule has 0 saturated heterocycles. The lowest BCUT2D eigenvalue weighted by molar-refractivity contribution is 0.673. The Hall–Kier alpha value is -5.93. The van der Waals surface area contributed by atoms with Crippen molar-refractivity contribution >= 4 is 60.1 Å². The molecule has 3 heteroatoms. The minimum atomic E-state index is 0.503. The standard InChI is InChI=1S/C44H32N2O/c45-44(46-42(28-14-3-1-4-15-28)29-16-5-2-6-17-29)31-19-13-18-30(26-31)37-27-38-34-22-8-7-20-32(34)33-21-9-10-23-35(33)40(38)43-41(37)36-24-11-12-25-39(36)47-43/h1,3-5,7-14,16-27H,2,6,15H2,(H2,45,46)/b42-28-. The van der Waals surface area contributed by atoms with Gasteiger partial charge in [-0.25, -0.2) is 4.99 Å². The Labute approximate surface area is 273 Å². The summed E-state index contributed by atoms with van der Waals surface area (Å²) in [5, 5.41) is 9.40. The molecule has 9 rings (SSSR count). The summed E-state index contributed by atoms with van der Waals surface area (Å²) in [6, 6.07) is 36.5. The first-order chi connectivity index (χ1) is 23.2. The number of hydrogen-bond acceptors (Lipinski definition) is 2. The SMILES string of the molecule is NC(=N/C(C1=CCCC=C1)=C1/C=CC=CC1)c1cccc(-c2cc3c4ccccc4c4ccccc4c3c3oc4ccccc4c23)c1. The third-order valence-electron chi connectivity index (χ3n) is 9.51. The minimum absolute atomic E-state index is 0.503. The van der Waals surface area contributed by atoms with Crippen LogP contribution in [0.25, 0.3) is 65.4 Å². The van der Waals surface area contributed by atoms with Crippen LogP contribution in [0.5, 0.6) is 0 Å². The van der Waals surface area contributed by atoms with E-state index < -0.39 is 0 Å². The molecule has 47 heavy (non-hydrogen) atoms. The van der Waals surface area contributed by atoms with Gasteiger partial charge in [0.05, 0.1) is 5.70 Å². The van der Waals surface area contributed by atoms with Crippen molar-refractivity contribution in [3.8, 4) is 11.1 Å². The first-order valence-electron chi connectivity index (χ1n) is 16.3. The van der Waals surface area contributed by atoms with Gasteiger partial charge in [0, 0.05) is 21.7 Å². The van der Waals surface area contributed by atoms with Gasteiger partial charge in [0.25, 0.3) is 0 Å². The minimum Gasteiger partial charge on any atom is -0.455 e. The highest BCUT2D eigenvalue weighted by Gasteiger charge is 2.20. The van der Waals surface area contributed by atoms with Crippen LogP contribution in [-0.4, -0.2) is 5.84 Å². The van der Waals surface area contributed by atoms with Crippen molar-refractivity contribution in [1.82, 2.24) is 0 Å². The summed E-state index contributed by atoms with van der Waals surface area (Å²) in [6.45, 7) is 0. The van der Waals surface area contributed by atoms with E-state index in [1.54, 1.807) is 0 Å². The molecule has 0 unspecified atom stereocenters. The molecule has 2 aliphatic carbocycles. The largest absolute Gasteiger partial charge is 0.455 e. The molecule has 0 aliphatic heterocycles. The maximum Gasteiger partial charge on any atom is 0.144 e. The summed E-state index contributed by atoms with van der Waals surface area (Å²) in [6.07, 6.45) is 18.0. The van der Waals surface area contributed by atoms with Gasteiger partial charge < -0.3 is 10.2 Å². The number of para-hydroxylation sites is 1. The molecule has 6 aromatic carbocycles. The maximum atomic E-state index is 6.87. The maximum absolute atomic E-state index is 6.87. The molecule has 7 aromatic rings. The highest BCUT2D eigenvalue weighted by Crippen LogP contribution is 2.46. The normalized spacial score (nSPS) is 16.2. The van der Waals surface area contributed by atoms with Gasteiger partial charge in [0.1, 0.15) is 17.0 Å². The molecule has 224 valence electrons. The van der Waals surface area contributed by atoms with Crippen molar-refractivity contribution in [2.24, 2.45) is 10.7 Å². The fourth-order valence-electron chi connectivity index (χ4n) is 7.33. The van der Waals surface area contributed by atoms with Gasteiger partial charge in [-0.05, 0) is 86.7 Å². The molecular formula is C44H32N2O. The lowest BCUT2D eigenvalue weighted by Gasteiger charge is -2.15. The fraction of sp³-hybridized carbons (Fsp3) is 0.0682. The number of aliphatic imine (C=N–C) groups is 1. The molecular weight excluding hydrogens is 572 g/mol. The second-order valence-electron chi connectivity index (χ2n) is 12.3. The summed E-state index contributed by atoms with van der Waals surface area (Å²) in [4.78, 5) is 5.11. The predicted octanol–water partition coefficient (Wildman–Crippen LogP) is 11.5. The van der Waals surface area contributed by atoms with Crippen LogP contribution in [0.1, 0.15) is 24.8 Å². The predicted molar refractivity (Wildman–Crippen MR) is 199 cm³/mol. The van der Waals surface area contributed by atoms with E-state index in [9.17, 15) is 0 Å². The molecule has 0 bridgehead atoms. The molecule has 0 amide bonds. The molecule has 0 saturated carbocycles. The summed E-state index contributed by atoms with van der Waals surface area (Å²) in [5.41, 5.74) is 15.0. The quantitative estimate of drug-likeness (QED) is 0.123. The number of rotatable bonds is 4. The second kappa shape index (κ2) is 11.1. The van der Waals surface area contributed by atoms with Gasteiger partial charge in [0.2, 0.25) is 0 Å².